The van der Waals surface area contributed by atoms with Gasteiger partial charge in [-0.05, 0) is 55.8 Å². The molecule has 3 aromatic rings. The first-order valence-electron chi connectivity index (χ1n) is 8.66. The number of ether oxygens (including phenoxy) is 1. The second-order valence-corrected chi connectivity index (χ2v) is 8.05. The fourth-order valence-electron chi connectivity index (χ4n) is 2.58. The monoisotopic (exact) mass is 416 g/mol. The van der Waals surface area contributed by atoms with Crippen molar-refractivity contribution in [3.8, 4) is 17.1 Å². The summed E-state index contributed by atoms with van der Waals surface area (Å²) in [7, 11) is 3.51. The van der Waals surface area contributed by atoms with Crippen LogP contribution in [0.4, 0.5) is 5.69 Å². The number of thioether (sulfide) groups is 1. The Balaban J connectivity index is 1.71. The summed E-state index contributed by atoms with van der Waals surface area (Å²) in [5.74, 6) is 1.38. The average Bonchev–Trinajstić information content (AvgIpc) is 3.05. The number of amides is 1. The molecule has 1 aromatic heterocycles. The number of anilines is 1. The number of hydrogen-bond donors (Lipinski definition) is 1. The van der Waals surface area contributed by atoms with E-state index in [4.69, 9.17) is 16.3 Å². The number of halogens is 1. The largest absolute Gasteiger partial charge is 0.497 e. The van der Waals surface area contributed by atoms with Gasteiger partial charge in [0.15, 0.2) is 11.0 Å². The number of carbonyl (C=O) groups excluding carboxylic acids is 1. The lowest BCUT2D eigenvalue weighted by Gasteiger charge is -2.13. The van der Waals surface area contributed by atoms with E-state index in [1.54, 1.807) is 19.2 Å². The Morgan fingerprint density at radius 3 is 2.61 bits per heavy atom. The molecule has 2 aromatic carbocycles. The second-order valence-electron chi connectivity index (χ2n) is 6.30. The predicted molar refractivity (Wildman–Crippen MR) is 113 cm³/mol. The zero-order valence-corrected chi connectivity index (χ0v) is 17.6. The number of rotatable bonds is 6. The first-order valence-corrected chi connectivity index (χ1v) is 9.92. The third kappa shape index (κ3) is 4.48. The first kappa shape index (κ1) is 20.2. The van der Waals surface area contributed by atoms with E-state index in [9.17, 15) is 4.79 Å². The summed E-state index contributed by atoms with van der Waals surface area (Å²) in [5.41, 5.74) is 2.59. The average molecular weight is 417 g/mol. The Morgan fingerprint density at radius 1 is 1.21 bits per heavy atom. The van der Waals surface area contributed by atoms with Crippen LogP contribution in [0.2, 0.25) is 5.02 Å². The fourth-order valence-corrected chi connectivity index (χ4v) is 3.57. The molecule has 8 heteroatoms. The Bertz CT molecular complexity index is 988. The van der Waals surface area contributed by atoms with Crippen LogP contribution in [0, 0.1) is 6.92 Å². The van der Waals surface area contributed by atoms with Gasteiger partial charge in [-0.1, -0.05) is 29.4 Å². The van der Waals surface area contributed by atoms with E-state index < -0.39 is 0 Å². The van der Waals surface area contributed by atoms with Crippen molar-refractivity contribution in [1.82, 2.24) is 14.8 Å². The first-order chi connectivity index (χ1) is 13.4. The molecule has 146 valence electrons. The van der Waals surface area contributed by atoms with Gasteiger partial charge in [-0.15, -0.1) is 10.2 Å². The summed E-state index contributed by atoms with van der Waals surface area (Å²) in [6.45, 7) is 3.76. The Labute approximate surface area is 173 Å². The van der Waals surface area contributed by atoms with Crippen LogP contribution >= 0.6 is 23.4 Å². The predicted octanol–water partition coefficient (Wildman–Crippen LogP) is 4.57. The number of methoxy groups -OCH3 is 1. The molecule has 0 aliphatic rings. The van der Waals surface area contributed by atoms with E-state index >= 15 is 0 Å². The lowest BCUT2D eigenvalue weighted by Crippen LogP contribution is -2.23. The minimum atomic E-state index is -0.356. The summed E-state index contributed by atoms with van der Waals surface area (Å²) in [4.78, 5) is 12.6. The molecule has 0 saturated carbocycles. The van der Waals surface area contributed by atoms with Gasteiger partial charge in [0.2, 0.25) is 5.91 Å². The molecule has 3 rings (SSSR count). The summed E-state index contributed by atoms with van der Waals surface area (Å²) in [6.07, 6.45) is 0. The lowest BCUT2D eigenvalue weighted by atomic mass is 10.2. The van der Waals surface area contributed by atoms with Gasteiger partial charge in [0, 0.05) is 23.3 Å². The van der Waals surface area contributed by atoms with Crippen molar-refractivity contribution in [3.05, 3.63) is 53.1 Å². The SMILES string of the molecule is COc1ccc(-c2nnc(S[C@H](C)C(=O)Nc3cc(Cl)ccc3C)n2C)cc1. The third-order valence-corrected chi connectivity index (χ3v) is 5.66. The highest BCUT2D eigenvalue weighted by Crippen LogP contribution is 2.28. The standard InChI is InChI=1S/C20H21ClN4O2S/c1-12-5-8-15(21)11-17(12)22-19(26)13(2)28-20-24-23-18(25(20)3)14-6-9-16(27-4)10-7-14/h5-11,13H,1-4H3,(H,22,26)/t13-/m1/s1. The minimum Gasteiger partial charge on any atom is -0.497 e. The number of aromatic nitrogens is 3. The third-order valence-electron chi connectivity index (χ3n) is 4.29. The number of aryl methyl sites for hydroxylation is 1. The van der Waals surface area contributed by atoms with E-state index in [-0.39, 0.29) is 11.2 Å². The van der Waals surface area contributed by atoms with Crippen molar-refractivity contribution in [1.29, 1.82) is 0 Å². The molecule has 0 fully saturated rings. The van der Waals surface area contributed by atoms with Crippen molar-refractivity contribution in [3.63, 3.8) is 0 Å². The number of nitrogens with zero attached hydrogens (tertiary/aromatic N) is 3. The zero-order valence-electron chi connectivity index (χ0n) is 16.1. The van der Waals surface area contributed by atoms with E-state index in [1.807, 2.05) is 55.8 Å². The number of nitrogens with one attached hydrogen (secondary N) is 1. The van der Waals surface area contributed by atoms with Gasteiger partial charge < -0.3 is 14.6 Å². The van der Waals surface area contributed by atoms with Gasteiger partial charge in [-0.25, -0.2) is 0 Å². The molecule has 0 unspecified atom stereocenters. The van der Waals surface area contributed by atoms with Gasteiger partial charge >= 0.3 is 0 Å². The van der Waals surface area contributed by atoms with Crippen LogP contribution in [0.15, 0.2) is 47.6 Å². The van der Waals surface area contributed by atoms with Crippen LogP contribution in [-0.2, 0) is 11.8 Å². The molecule has 1 amide bonds. The van der Waals surface area contributed by atoms with Gasteiger partial charge in [-0.3, -0.25) is 4.79 Å². The van der Waals surface area contributed by atoms with E-state index in [0.29, 0.717) is 15.9 Å². The van der Waals surface area contributed by atoms with Crippen LogP contribution in [0.5, 0.6) is 5.75 Å². The molecule has 28 heavy (non-hydrogen) atoms. The maximum Gasteiger partial charge on any atom is 0.237 e. The van der Waals surface area contributed by atoms with Gasteiger partial charge in [0.25, 0.3) is 0 Å². The quantitative estimate of drug-likeness (QED) is 0.596. The number of hydrogen-bond acceptors (Lipinski definition) is 5. The fraction of sp³-hybridized carbons (Fsp3) is 0.250. The highest BCUT2D eigenvalue weighted by atomic mass is 35.5. The molecule has 6 nitrogen and oxygen atoms in total. The van der Waals surface area contributed by atoms with Crippen molar-refractivity contribution in [2.24, 2.45) is 7.05 Å². The van der Waals surface area contributed by atoms with Crippen LogP contribution < -0.4 is 10.1 Å². The van der Waals surface area contributed by atoms with E-state index in [2.05, 4.69) is 15.5 Å². The molecular weight excluding hydrogens is 396 g/mol. The molecule has 0 radical (unpaired) electrons. The van der Waals surface area contributed by atoms with E-state index in [1.165, 1.54) is 11.8 Å². The molecular formula is C20H21ClN4O2S. The maximum absolute atomic E-state index is 12.6. The summed E-state index contributed by atoms with van der Waals surface area (Å²) in [6, 6.07) is 13.0. The molecule has 0 bridgehead atoms. The van der Waals surface area contributed by atoms with Crippen LogP contribution in [0.3, 0.4) is 0 Å². The Hall–Kier alpha value is -2.51. The number of carbonyl (C=O) groups is 1. The van der Waals surface area contributed by atoms with Crippen LogP contribution in [-0.4, -0.2) is 33.0 Å². The second kappa shape index (κ2) is 8.67. The molecule has 0 saturated heterocycles. The molecule has 1 heterocycles. The Kier molecular flexibility index (Phi) is 6.26. The minimum absolute atomic E-state index is 0.121. The van der Waals surface area contributed by atoms with Gasteiger partial charge in [-0.2, -0.15) is 0 Å². The highest BCUT2D eigenvalue weighted by molar-refractivity contribution is 8.00. The smallest absolute Gasteiger partial charge is 0.237 e. The highest BCUT2D eigenvalue weighted by Gasteiger charge is 2.20. The topological polar surface area (TPSA) is 69.0 Å². The molecule has 0 spiro atoms. The summed E-state index contributed by atoms with van der Waals surface area (Å²) < 4.78 is 7.06. The van der Waals surface area contributed by atoms with Crippen molar-refractivity contribution < 1.29 is 9.53 Å². The van der Waals surface area contributed by atoms with Crippen molar-refractivity contribution >= 4 is 35.0 Å². The molecule has 1 N–H and O–H groups in total. The normalized spacial score (nSPS) is 11.9. The van der Waals surface area contributed by atoms with Gasteiger partial charge in [0.1, 0.15) is 5.75 Å². The lowest BCUT2D eigenvalue weighted by molar-refractivity contribution is -0.115. The van der Waals surface area contributed by atoms with Crippen LogP contribution in [0.25, 0.3) is 11.4 Å². The molecule has 0 aliphatic carbocycles. The molecule has 0 aliphatic heterocycles. The number of benzene rings is 2. The molecule has 1 atom stereocenters. The van der Waals surface area contributed by atoms with Crippen LogP contribution in [0.1, 0.15) is 12.5 Å². The Morgan fingerprint density at radius 2 is 1.93 bits per heavy atom. The summed E-state index contributed by atoms with van der Waals surface area (Å²) in [5, 5.41) is 12.3. The van der Waals surface area contributed by atoms with Gasteiger partial charge in [0.05, 0.1) is 12.4 Å². The van der Waals surface area contributed by atoms with Crippen molar-refractivity contribution in [2.45, 2.75) is 24.3 Å². The van der Waals surface area contributed by atoms with E-state index in [0.717, 1.165) is 22.7 Å². The van der Waals surface area contributed by atoms with Crippen molar-refractivity contribution in [2.75, 3.05) is 12.4 Å². The zero-order chi connectivity index (χ0) is 20.3. The summed E-state index contributed by atoms with van der Waals surface area (Å²) >= 11 is 7.37. The maximum atomic E-state index is 12.6.